The summed E-state index contributed by atoms with van der Waals surface area (Å²) in [6.07, 6.45) is 0. The highest BCUT2D eigenvalue weighted by molar-refractivity contribution is 7.92. The van der Waals surface area contributed by atoms with E-state index in [0.29, 0.717) is 0 Å². The van der Waals surface area contributed by atoms with E-state index in [0.717, 1.165) is 18.2 Å². The Balaban J connectivity index is 2.48. The Labute approximate surface area is 134 Å². The highest BCUT2D eigenvalue weighted by atomic mass is 35.5. The molecule has 112 valence electrons. The molecule has 0 bridgehead atoms. The lowest BCUT2D eigenvalue weighted by molar-refractivity contribution is 0.573. The van der Waals surface area contributed by atoms with Crippen molar-refractivity contribution in [3.8, 4) is 0 Å². The van der Waals surface area contributed by atoms with Gasteiger partial charge in [-0.15, -0.1) is 0 Å². The minimum atomic E-state index is -4.32. The number of nitrogen functional groups attached to an aromatic ring is 1. The highest BCUT2D eigenvalue weighted by Crippen LogP contribution is 2.27. The first-order valence-corrected chi connectivity index (χ1v) is 7.78. The maximum Gasteiger partial charge on any atom is 0.266 e. The average molecular weight is 372 g/mol. The van der Waals surface area contributed by atoms with Gasteiger partial charge in [0.05, 0.1) is 5.69 Å². The van der Waals surface area contributed by atoms with Crippen LogP contribution in [0.3, 0.4) is 0 Å². The van der Waals surface area contributed by atoms with Crippen LogP contribution in [0.15, 0.2) is 23.1 Å². The molecule has 21 heavy (non-hydrogen) atoms. The summed E-state index contributed by atoms with van der Waals surface area (Å²) in [4.78, 5) is 6.44. The van der Waals surface area contributed by atoms with Gasteiger partial charge in [-0.3, -0.25) is 4.72 Å². The van der Waals surface area contributed by atoms with E-state index in [2.05, 4.69) is 9.97 Å². The molecular weight excluding hydrogens is 366 g/mol. The molecular formula is C10H6Cl3FN4O2S. The molecule has 0 saturated heterocycles. The SMILES string of the molecule is Nc1cc(Cl)cc(S(=O)(=O)Nc2cc(Cl)nc(Cl)n2)c1F. The molecule has 11 heteroatoms. The number of nitrogens with two attached hydrogens (primary N) is 1. The normalized spacial score (nSPS) is 11.4. The topological polar surface area (TPSA) is 98.0 Å². The van der Waals surface area contributed by atoms with Crippen molar-refractivity contribution in [3.63, 3.8) is 0 Å². The van der Waals surface area contributed by atoms with Crippen molar-refractivity contribution >= 4 is 56.3 Å². The fourth-order valence-electron chi connectivity index (χ4n) is 1.41. The fourth-order valence-corrected chi connectivity index (χ4v) is 3.24. The van der Waals surface area contributed by atoms with E-state index >= 15 is 0 Å². The van der Waals surface area contributed by atoms with Gasteiger partial charge in [0.15, 0.2) is 5.82 Å². The third kappa shape index (κ3) is 3.65. The molecule has 0 spiro atoms. The van der Waals surface area contributed by atoms with Gasteiger partial charge in [0.1, 0.15) is 15.9 Å². The van der Waals surface area contributed by atoms with Gasteiger partial charge in [0, 0.05) is 11.1 Å². The lowest BCUT2D eigenvalue weighted by Crippen LogP contribution is -2.16. The predicted octanol–water partition coefficient (Wildman–Crippen LogP) is 2.96. The molecule has 2 rings (SSSR count). The van der Waals surface area contributed by atoms with Gasteiger partial charge in [0.25, 0.3) is 10.0 Å². The van der Waals surface area contributed by atoms with E-state index in [4.69, 9.17) is 40.5 Å². The van der Waals surface area contributed by atoms with Crippen LogP contribution >= 0.6 is 34.8 Å². The smallest absolute Gasteiger partial charge is 0.266 e. The minimum Gasteiger partial charge on any atom is -0.396 e. The monoisotopic (exact) mass is 370 g/mol. The molecule has 0 aliphatic rings. The summed E-state index contributed by atoms with van der Waals surface area (Å²) in [5.41, 5.74) is 4.94. The Morgan fingerprint density at radius 2 is 1.81 bits per heavy atom. The van der Waals surface area contributed by atoms with E-state index in [1.807, 2.05) is 4.72 Å². The molecule has 0 unspecified atom stereocenters. The second-order valence-corrected chi connectivity index (χ2v) is 6.57. The number of nitrogens with one attached hydrogen (secondary N) is 1. The maximum absolute atomic E-state index is 13.9. The summed E-state index contributed by atoms with van der Waals surface area (Å²) in [5.74, 6) is -1.35. The molecule has 0 fully saturated rings. The summed E-state index contributed by atoms with van der Waals surface area (Å²) in [6.45, 7) is 0. The molecule has 0 radical (unpaired) electrons. The molecule has 1 aromatic heterocycles. The van der Waals surface area contributed by atoms with Crippen LogP contribution in [-0.2, 0) is 10.0 Å². The van der Waals surface area contributed by atoms with Crippen LogP contribution in [0, 0.1) is 5.82 Å². The van der Waals surface area contributed by atoms with Crippen LogP contribution in [-0.4, -0.2) is 18.4 Å². The van der Waals surface area contributed by atoms with Crippen molar-refractivity contribution in [1.29, 1.82) is 0 Å². The van der Waals surface area contributed by atoms with Crippen molar-refractivity contribution < 1.29 is 12.8 Å². The molecule has 0 saturated carbocycles. The molecule has 1 heterocycles. The van der Waals surface area contributed by atoms with Crippen LogP contribution in [0.2, 0.25) is 15.5 Å². The molecule has 6 nitrogen and oxygen atoms in total. The summed E-state index contributed by atoms with van der Waals surface area (Å²) < 4.78 is 40.1. The number of benzene rings is 1. The van der Waals surface area contributed by atoms with E-state index in [1.54, 1.807) is 0 Å². The van der Waals surface area contributed by atoms with Crippen LogP contribution in [0.25, 0.3) is 0 Å². The summed E-state index contributed by atoms with van der Waals surface area (Å²) in [5, 5.41) is -0.391. The number of hydrogen-bond acceptors (Lipinski definition) is 5. The Kier molecular flexibility index (Phi) is 4.43. The lowest BCUT2D eigenvalue weighted by Gasteiger charge is -2.10. The molecule has 0 aliphatic heterocycles. The Hall–Kier alpha value is -1.35. The Morgan fingerprint density at radius 1 is 1.14 bits per heavy atom. The zero-order chi connectivity index (χ0) is 15.8. The van der Waals surface area contributed by atoms with Crippen molar-refractivity contribution in [2.45, 2.75) is 4.90 Å². The third-order valence-electron chi connectivity index (χ3n) is 2.23. The fraction of sp³-hybridized carbons (Fsp3) is 0. The van der Waals surface area contributed by atoms with E-state index in [1.165, 1.54) is 0 Å². The van der Waals surface area contributed by atoms with Gasteiger partial charge in [-0.25, -0.2) is 17.8 Å². The number of hydrogen-bond donors (Lipinski definition) is 2. The maximum atomic E-state index is 13.9. The average Bonchev–Trinajstić information content (AvgIpc) is 2.31. The highest BCUT2D eigenvalue weighted by Gasteiger charge is 2.23. The van der Waals surface area contributed by atoms with Crippen molar-refractivity contribution in [3.05, 3.63) is 39.5 Å². The van der Waals surface area contributed by atoms with Crippen molar-refractivity contribution in [1.82, 2.24) is 9.97 Å². The van der Waals surface area contributed by atoms with E-state index in [-0.39, 0.29) is 21.3 Å². The first kappa shape index (κ1) is 16.0. The van der Waals surface area contributed by atoms with Gasteiger partial charge in [0.2, 0.25) is 5.28 Å². The summed E-state index contributed by atoms with van der Waals surface area (Å²) in [7, 11) is -4.32. The first-order valence-electron chi connectivity index (χ1n) is 5.16. The number of rotatable bonds is 3. The lowest BCUT2D eigenvalue weighted by atomic mass is 10.3. The van der Waals surface area contributed by atoms with Crippen molar-refractivity contribution in [2.24, 2.45) is 0 Å². The van der Waals surface area contributed by atoms with Crippen LogP contribution in [0.5, 0.6) is 0 Å². The second kappa shape index (κ2) is 5.80. The van der Waals surface area contributed by atoms with Gasteiger partial charge >= 0.3 is 0 Å². The largest absolute Gasteiger partial charge is 0.396 e. The van der Waals surface area contributed by atoms with Crippen LogP contribution in [0.1, 0.15) is 0 Å². The van der Waals surface area contributed by atoms with Crippen LogP contribution < -0.4 is 10.5 Å². The van der Waals surface area contributed by atoms with E-state index < -0.39 is 26.4 Å². The first-order chi connectivity index (χ1) is 9.69. The van der Waals surface area contributed by atoms with Crippen molar-refractivity contribution in [2.75, 3.05) is 10.5 Å². The number of sulfonamides is 1. The van der Waals surface area contributed by atoms with Gasteiger partial charge < -0.3 is 5.73 Å². The Morgan fingerprint density at radius 3 is 2.43 bits per heavy atom. The number of halogens is 4. The standard InChI is InChI=1S/C10H6Cl3FN4O2S/c11-4-1-5(15)9(14)6(2-4)21(19,20)18-8-3-7(12)16-10(13)17-8/h1-3H,15H2,(H,16,17,18). The molecule has 0 atom stereocenters. The van der Waals surface area contributed by atoms with Crippen LogP contribution in [0.4, 0.5) is 15.9 Å². The molecule has 0 aliphatic carbocycles. The molecule has 0 amide bonds. The van der Waals surface area contributed by atoms with Gasteiger partial charge in [-0.05, 0) is 23.7 Å². The van der Waals surface area contributed by atoms with Gasteiger partial charge in [-0.2, -0.15) is 4.98 Å². The van der Waals surface area contributed by atoms with Gasteiger partial charge in [-0.1, -0.05) is 23.2 Å². The molecule has 3 N–H and O–H groups in total. The quantitative estimate of drug-likeness (QED) is 0.491. The predicted molar refractivity (Wildman–Crippen MR) is 78.7 cm³/mol. The zero-order valence-electron chi connectivity index (χ0n) is 9.94. The molecule has 2 aromatic rings. The summed E-state index contributed by atoms with van der Waals surface area (Å²) >= 11 is 16.8. The molecule has 1 aromatic carbocycles. The van der Waals surface area contributed by atoms with E-state index in [9.17, 15) is 12.8 Å². The zero-order valence-corrected chi connectivity index (χ0v) is 13.0. The third-order valence-corrected chi connectivity index (χ3v) is 4.16. The number of nitrogens with zero attached hydrogens (tertiary/aromatic N) is 2. The summed E-state index contributed by atoms with van der Waals surface area (Å²) in [6, 6.07) is 3.12. The Bertz CT molecular complexity index is 796. The number of anilines is 2. The number of aromatic nitrogens is 2. The minimum absolute atomic E-state index is 0.0342. The second-order valence-electron chi connectivity index (χ2n) is 3.76.